The molecule has 0 spiro atoms. The van der Waals surface area contributed by atoms with Crippen LogP contribution in [-0.4, -0.2) is 25.4 Å². The van der Waals surface area contributed by atoms with E-state index < -0.39 is 0 Å². The van der Waals surface area contributed by atoms with Gasteiger partial charge < -0.3 is 14.6 Å². The summed E-state index contributed by atoms with van der Waals surface area (Å²) in [6.07, 6.45) is 1.88. The van der Waals surface area contributed by atoms with E-state index in [4.69, 9.17) is 14.6 Å². The number of aliphatic hydroxyl groups is 1. The maximum absolute atomic E-state index is 8.77. The molecular weight excluding hydrogens is 204 g/mol. The van der Waals surface area contributed by atoms with Crippen molar-refractivity contribution in [2.75, 3.05) is 20.3 Å². The molecule has 0 amide bonds. The third-order valence-corrected chi connectivity index (χ3v) is 2.23. The number of ether oxygens (including phenoxy) is 2. The highest BCUT2D eigenvalue weighted by atomic mass is 16.5. The third kappa shape index (κ3) is 4.47. The van der Waals surface area contributed by atoms with Gasteiger partial charge >= 0.3 is 0 Å². The van der Waals surface area contributed by atoms with Gasteiger partial charge in [0.1, 0.15) is 5.75 Å². The predicted octanol–water partition coefficient (Wildman–Crippen LogP) is 2.15. The van der Waals surface area contributed by atoms with Crippen molar-refractivity contribution in [1.29, 1.82) is 0 Å². The molecule has 0 aliphatic carbocycles. The Morgan fingerprint density at radius 3 is 2.56 bits per heavy atom. The van der Waals surface area contributed by atoms with Crippen molar-refractivity contribution in [3.05, 3.63) is 41.5 Å². The van der Waals surface area contributed by atoms with Crippen LogP contribution in [0.25, 0.3) is 0 Å². The first-order chi connectivity index (χ1) is 7.76. The van der Waals surface area contributed by atoms with Crippen LogP contribution in [0.15, 0.2) is 35.9 Å². The average Bonchev–Trinajstić information content (AvgIpc) is 2.35. The van der Waals surface area contributed by atoms with Crippen molar-refractivity contribution >= 4 is 0 Å². The van der Waals surface area contributed by atoms with Crippen molar-refractivity contribution in [3.8, 4) is 5.75 Å². The molecule has 0 saturated carbocycles. The highest BCUT2D eigenvalue weighted by Gasteiger charge is 1.94. The molecule has 0 aliphatic heterocycles. The van der Waals surface area contributed by atoms with E-state index in [0.717, 1.165) is 16.9 Å². The molecule has 1 aromatic rings. The maximum atomic E-state index is 8.77. The van der Waals surface area contributed by atoms with Crippen molar-refractivity contribution < 1.29 is 14.6 Å². The minimum absolute atomic E-state index is 0.0892. The lowest BCUT2D eigenvalue weighted by Gasteiger charge is -2.04. The third-order valence-electron chi connectivity index (χ3n) is 2.23. The number of methoxy groups -OCH3 is 1. The quantitative estimate of drug-likeness (QED) is 0.592. The zero-order valence-corrected chi connectivity index (χ0v) is 9.77. The van der Waals surface area contributed by atoms with Crippen LogP contribution < -0.4 is 4.74 Å². The van der Waals surface area contributed by atoms with Gasteiger partial charge in [0, 0.05) is 0 Å². The number of rotatable bonds is 6. The predicted molar refractivity (Wildman–Crippen MR) is 63.5 cm³/mol. The van der Waals surface area contributed by atoms with Gasteiger partial charge in [-0.25, -0.2) is 0 Å². The Morgan fingerprint density at radius 1 is 1.31 bits per heavy atom. The van der Waals surface area contributed by atoms with Crippen LogP contribution in [0.2, 0.25) is 0 Å². The molecule has 0 fully saturated rings. The highest BCUT2D eigenvalue weighted by Crippen LogP contribution is 2.11. The van der Waals surface area contributed by atoms with Crippen LogP contribution in [0.3, 0.4) is 0 Å². The molecule has 1 N–H and O–H groups in total. The Morgan fingerprint density at radius 2 is 2.00 bits per heavy atom. The smallest absolute Gasteiger partial charge is 0.118 e. The SMILES string of the molecule is COc1ccc(COC/C=C(\C)CO)cc1. The standard InChI is InChI=1S/C13H18O3/c1-11(9-14)7-8-16-10-12-3-5-13(15-2)6-4-12/h3-7,14H,8-10H2,1-2H3/b11-7+. The first-order valence-corrected chi connectivity index (χ1v) is 5.23. The van der Waals surface area contributed by atoms with E-state index in [2.05, 4.69) is 0 Å². The number of hydrogen-bond donors (Lipinski definition) is 1. The van der Waals surface area contributed by atoms with Crippen LogP contribution in [0.1, 0.15) is 12.5 Å². The monoisotopic (exact) mass is 222 g/mol. The fourth-order valence-corrected chi connectivity index (χ4v) is 1.16. The summed E-state index contributed by atoms with van der Waals surface area (Å²) in [4.78, 5) is 0. The summed E-state index contributed by atoms with van der Waals surface area (Å²) >= 11 is 0. The molecule has 0 saturated heterocycles. The number of hydrogen-bond acceptors (Lipinski definition) is 3. The molecule has 0 atom stereocenters. The van der Waals surface area contributed by atoms with Gasteiger partial charge in [-0.3, -0.25) is 0 Å². The van der Waals surface area contributed by atoms with Crippen LogP contribution >= 0.6 is 0 Å². The van der Waals surface area contributed by atoms with Gasteiger partial charge in [-0.2, -0.15) is 0 Å². The van der Waals surface area contributed by atoms with Crippen LogP contribution in [-0.2, 0) is 11.3 Å². The Labute approximate surface area is 96.3 Å². The lowest BCUT2D eigenvalue weighted by atomic mass is 10.2. The van der Waals surface area contributed by atoms with Gasteiger partial charge in [0.2, 0.25) is 0 Å². The van der Waals surface area contributed by atoms with E-state index in [-0.39, 0.29) is 6.61 Å². The highest BCUT2D eigenvalue weighted by molar-refractivity contribution is 5.26. The van der Waals surface area contributed by atoms with Crippen molar-refractivity contribution in [1.82, 2.24) is 0 Å². The molecule has 1 aromatic carbocycles. The second-order valence-electron chi connectivity index (χ2n) is 3.57. The van der Waals surface area contributed by atoms with Gasteiger partial charge in [-0.15, -0.1) is 0 Å². The summed E-state index contributed by atoms with van der Waals surface area (Å²) < 4.78 is 10.5. The van der Waals surface area contributed by atoms with Gasteiger partial charge in [-0.05, 0) is 30.2 Å². The molecule has 0 aliphatic rings. The second-order valence-corrected chi connectivity index (χ2v) is 3.57. The minimum Gasteiger partial charge on any atom is -0.497 e. The second kappa shape index (κ2) is 7.04. The Kier molecular flexibility index (Phi) is 5.61. The summed E-state index contributed by atoms with van der Waals surface area (Å²) in [5, 5.41) is 8.77. The minimum atomic E-state index is 0.0892. The molecule has 0 radical (unpaired) electrons. The zero-order chi connectivity index (χ0) is 11.8. The van der Waals surface area contributed by atoms with Crippen LogP contribution in [0, 0.1) is 0 Å². The number of aliphatic hydroxyl groups excluding tert-OH is 1. The van der Waals surface area contributed by atoms with E-state index in [1.54, 1.807) is 7.11 Å². The van der Waals surface area contributed by atoms with Gasteiger partial charge in [-0.1, -0.05) is 18.2 Å². The van der Waals surface area contributed by atoms with E-state index in [0.29, 0.717) is 13.2 Å². The summed E-state index contributed by atoms with van der Waals surface area (Å²) in [6.45, 7) is 3.06. The van der Waals surface area contributed by atoms with Crippen molar-refractivity contribution in [3.63, 3.8) is 0 Å². The summed E-state index contributed by atoms with van der Waals surface area (Å²) in [6, 6.07) is 7.77. The lowest BCUT2D eigenvalue weighted by Crippen LogP contribution is -1.95. The van der Waals surface area contributed by atoms with Gasteiger partial charge in [0.25, 0.3) is 0 Å². The molecule has 3 heteroatoms. The van der Waals surface area contributed by atoms with E-state index >= 15 is 0 Å². The Balaban J connectivity index is 2.32. The number of benzene rings is 1. The fraction of sp³-hybridized carbons (Fsp3) is 0.385. The summed E-state index contributed by atoms with van der Waals surface area (Å²) in [7, 11) is 1.65. The Hall–Kier alpha value is -1.32. The Bertz CT molecular complexity index is 328. The van der Waals surface area contributed by atoms with Crippen molar-refractivity contribution in [2.45, 2.75) is 13.5 Å². The molecule has 0 bridgehead atoms. The molecule has 0 heterocycles. The van der Waals surface area contributed by atoms with E-state index in [1.165, 1.54) is 0 Å². The van der Waals surface area contributed by atoms with E-state index in [1.807, 2.05) is 37.3 Å². The zero-order valence-electron chi connectivity index (χ0n) is 9.77. The van der Waals surface area contributed by atoms with Crippen LogP contribution in [0.4, 0.5) is 0 Å². The molecular formula is C13H18O3. The van der Waals surface area contributed by atoms with Gasteiger partial charge in [0.05, 0.1) is 26.9 Å². The molecule has 0 aromatic heterocycles. The molecule has 16 heavy (non-hydrogen) atoms. The average molecular weight is 222 g/mol. The summed E-state index contributed by atoms with van der Waals surface area (Å²) in [5.41, 5.74) is 2.03. The largest absolute Gasteiger partial charge is 0.497 e. The van der Waals surface area contributed by atoms with Crippen LogP contribution in [0.5, 0.6) is 5.75 Å². The molecule has 88 valence electrons. The normalized spacial score (nSPS) is 11.6. The first-order valence-electron chi connectivity index (χ1n) is 5.23. The van der Waals surface area contributed by atoms with E-state index in [9.17, 15) is 0 Å². The van der Waals surface area contributed by atoms with Crippen molar-refractivity contribution in [2.24, 2.45) is 0 Å². The van der Waals surface area contributed by atoms with Gasteiger partial charge in [0.15, 0.2) is 0 Å². The molecule has 3 nitrogen and oxygen atoms in total. The molecule has 1 rings (SSSR count). The molecule has 0 unspecified atom stereocenters. The maximum Gasteiger partial charge on any atom is 0.118 e. The summed E-state index contributed by atoms with van der Waals surface area (Å²) in [5.74, 6) is 0.847. The first kappa shape index (κ1) is 12.7. The fourth-order valence-electron chi connectivity index (χ4n) is 1.16. The topological polar surface area (TPSA) is 38.7 Å². The lowest BCUT2D eigenvalue weighted by molar-refractivity contribution is 0.147.